The molecule has 1 unspecified atom stereocenters. The quantitative estimate of drug-likeness (QED) is 0.877. The van der Waals surface area contributed by atoms with Crippen LogP contribution in [0, 0.1) is 0 Å². The van der Waals surface area contributed by atoms with Gasteiger partial charge in [-0.15, -0.1) is 0 Å². The molecule has 1 atom stereocenters. The Kier molecular flexibility index (Phi) is 4.73. The van der Waals surface area contributed by atoms with Crippen LogP contribution in [0.2, 0.25) is 0 Å². The summed E-state index contributed by atoms with van der Waals surface area (Å²) >= 11 is 0. The summed E-state index contributed by atoms with van der Waals surface area (Å²) in [5.41, 5.74) is 2.53. The molecule has 0 bridgehead atoms. The van der Waals surface area contributed by atoms with Gasteiger partial charge in [0, 0.05) is 36.3 Å². The van der Waals surface area contributed by atoms with Gasteiger partial charge >= 0.3 is 0 Å². The van der Waals surface area contributed by atoms with E-state index in [9.17, 15) is 0 Å². The van der Waals surface area contributed by atoms with Crippen molar-refractivity contribution in [1.29, 1.82) is 0 Å². The molecule has 20 heavy (non-hydrogen) atoms. The molecule has 2 aromatic rings. The zero-order chi connectivity index (χ0) is 14.6. The first kappa shape index (κ1) is 14.9. The summed E-state index contributed by atoms with van der Waals surface area (Å²) in [6.07, 6.45) is 1.84. The maximum atomic E-state index is 4.40. The van der Waals surface area contributed by atoms with Gasteiger partial charge in [-0.2, -0.15) is 0 Å². The van der Waals surface area contributed by atoms with Crippen molar-refractivity contribution in [3.63, 3.8) is 0 Å². The first-order valence-corrected chi connectivity index (χ1v) is 7.27. The van der Waals surface area contributed by atoms with E-state index in [0.29, 0.717) is 6.04 Å². The molecule has 0 saturated heterocycles. The molecule has 3 heteroatoms. The van der Waals surface area contributed by atoms with Crippen LogP contribution in [0.4, 0.5) is 0 Å². The van der Waals surface area contributed by atoms with Gasteiger partial charge in [-0.3, -0.25) is 4.98 Å². The number of pyridine rings is 1. The topological polar surface area (TPSA) is 37.0 Å². The Bertz CT molecular complexity index is 552. The highest BCUT2D eigenvalue weighted by Gasteiger charge is 2.11. The van der Waals surface area contributed by atoms with Crippen molar-refractivity contribution in [1.82, 2.24) is 15.6 Å². The fourth-order valence-corrected chi connectivity index (χ4v) is 2.14. The zero-order valence-corrected chi connectivity index (χ0v) is 12.9. The van der Waals surface area contributed by atoms with Crippen LogP contribution in [0.25, 0.3) is 10.9 Å². The van der Waals surface area contributed by atoms with Crippen molar-refractivity contribution in [3.05, 3.63) is 42.1 Å². The molecule has 0 saturated carbocycles. The highest BCUT2D eigenvalue weighted by Crippen LogP contribution is 2.16. The summed E-state index contributed by atoms with van der Waals surface area (Å²) in [6.45, 7) is 10.6. The lowest BCUT2D eigenvalue weighted by Gasteiger charge is -2.24. The monoisotopic (exact) mass is 271 g/mol. The zero-order valence-electron chi connectivity index (χ0n) is 12.9. The molecule has 0 aliphatic heterocycles. The molecule has 108 valence electrons. The fraction of sp³-hybridized carbons (Fsp3) is 0.471. The fourth-order valence-electron chi connectivity index (χ4n) is 2.14. The van der Waals surface area contributed by atoms with E-state index in [1.807, 2.05) is 12.3 Å². The summed E-state index contributed by atoms with van der Waals surface area (Å²) in [6, 6.07) is 10.9. The minimum absolute atomic E-state index is 0.166. The number of nitrogens with one attached hydrogen (secondary N) is 2. The van der Waals surface area contributed by atoms with Gasteiger partial charge in [0.15, 0.2) is 0 Å². The first-order valence-electron chi connectivity index (χ1n) is 7.27. The summed E-state index contributed by atoms with van der Waals surface area (Å²) in [5, 5.41) is 8.33. The molecule has 2 rings (SSSR count). The van der Waals surface area contributed by atoms with Crippen LogP contribution in [0.1, 0.15) is 33.3 Å². The third-order valence-electron chi connectivity index (χ3n) is 3.32. The standard InChI is InChI=1S/C17H25N3/c1-13(11-20-17(2,3)4)19-12-14-7-5-9-16-15(14)8-6-10-18-16/h5-10,13,19-20H,11-12H2,1-4H3. The molecule has 0 aliphatic carbocycles. The molecule has 1 aromatic heterocycles. The van der Waals surface area contributed by atoms with E-state index in [1.54, 1.807) is 0 Å². The molecule has 0 amide bonds. The van der Waals surface area contributed by atoms with Gasteiger partial charge in [0.25, 0.3) is 0 Å². The molecular weight excluding hydrogens is 246 g/mol. The summed E-state index contributed by atoms with van der Waals surface area (Å²) in [5.74, 6) is 0. The van der Waals surface area contributed by atoms with Gasteiger partial charge < -0.3 is 10.6 Å². The summed E-state index contributed by atoms with van der Waals surface area (Å²) < 4.78 is 0. The molecule has 0 radical (unpaired) electrons. The van der Waals surface area contributed by atoms with Crippen LogP contribution in [-0.2, 0) is 6.54 Å². The predicted molar refractivity (Wildman–Crippen MR) is 85.8 cm³/mol. The van der Waals surface area contributed by atoms with Crippen LogP contribution < -0.4 is 10.6 Å². The molecule has 0 fully saturated rings. The largest absolute Gasteiger partial charge is 0.311 e. The normalized spacial score (nSPS) is 13.6. The van der Waals surface area contributed by atoms with Crippen molar-refractivity contribution in [2.24, 2.45) is 0 Å². The van der Waals surface area contributed by atoms with Crippen LogP contribution in [-0.4, -0.2) is 23.1 Å². The maximum absolute atomic E-state index is 4.40. The van der Waals surface area contributed by atoms with Crippen LogP contribution >= 0.6 is 0 Å². The van der Waals surface area contributed by atoms with E-state index in [0.717, 1.165) is 18.6 Å². The Morgan fingerprint density at radius 2 is 1.95 bits per heavy atom. The number of rotatable bonds is 5. The van der Waals surface area contributed by atoms with E-state index in [2.05, 4.69) is 67.6 Å². The van der Waals surface area contributed by atoms with E-state index in [-0.39, 0.29) is 5.54 Å². The second-order valence-corrected chi connectivity index (χ2v) is 6.40. The SMILES string of the molecule is CC(CNC(C)(C)C)NCc1cccc2ncccc12. The van der Waals surface area contributed by atoms with Crippen LogP contribution in [0.15, 0.2) is 36.5 Å². The van der Waals surface area contributed by atoms with Crippen molar-refractivity contribution < 1.29 is 0 Å². The Hall–Kier alpha value is -1.45. The van der Waals surface area contributed by atoms with Crippen LogP contribution in [0.5, 0.6) is 0 Å². The smallest absolute Gasteiger partial charge is 0.0705 e. The lowest BCUT2D eigenvalue weighted by Crippen LogP contribution is -2.44. The minimum atomic E-state index is 0.166. The first-order chi connectivity index (χ1) is 9.46. The van der Waals surface area contributed by atoms with E-state index in [4.69, 9.17) is 0 Å². The van der Waals surface area contributed by atoms with E-state index >= 15 is 0 Å². The van der Waals surface area contributed by atoms with Crippen molar-refractivity contribution in [2.45, 2.75) is 45.8 Å². The molecular formula is C17H25N3. The number of aromatic nitrogens is 1. The van der Waals surface area contributed by atoms with Gasteiger partial charge in [-0.1, -0.05) is 18.2 Å². The molecule has 2 N–H and O–H groups in total. The second-order valence-electron chi connectivity index (χ2n) is 6.40. The maximum Gasteiger partial charge on any atom is 0.0705 e. The lowest BCUT2D eigenvalue weighted by molar-refractivity contribution is 0.387. The number of hydrogen-bond donors (Lipinski definition) is 2. The van der Waals surface area contributed by atoms with Crippen molar-refractivity contribution >= 4 is 10.9 Å². The predicted octanol–water partition coefficient (Wildman–Crippen LogP) is 3.10. The molecule has 0 spiro atoms. The van der Waals surface area contributed by atoms with Gasteiger partial charge in [-0.05, 0) is 45.4 Å². The lowest BCUT2D eigenvalue weighted by atomic mass is 10.1. The molecule has 1 heterocycles. The van der Waals surface area contributed by atoms with Crippen LogP contribution in [0.3, 0.4) is 0 Å². The van der Waals surface area contributed by atoms with Gasteiger partial charge in [0.1, 0.15) is 0 Å². The molecule has 3 nitrogen and oxygen atoms in total. The molecule has 0 aliphatic rings. The third kappa shape index (κ3) is 4.29. The second kappa shape index (κ2) is 6.33. The van der Waals surface area contributed by atoms with E-state index < -0.39 is 0 Å². The number of hydrogen-bond acceptors (Lipinski definition) is 3. The highest BCUT2D eigenvalue weighted by atomic mass is 15.0. The average molecular weight is 271 g/mol. The number of fused-ring (bicyclic) bond motifs is 1. The Labute approximate surface area is 121 Å². The van der Waals surface area contributed by atoms with Crippen molar-refractivity contribution in [3.8, 4) is 0 Å². The molecule has 1 aromatic carbocycles. The Morgan fingerprint density at radius 1 is 1.15 bits per heavy atom. The Morgan fingerprint density at radius 3 is 2.70 bits per heavy atom. The number of nitrogens with zero attached hydrogens (tertiary/aromatic N) is 1. The van der Waals surface area contributed by atoms with Gasteiger partial charge in [0.2, 0.25) is 0 Å². The minimum Gasteiger partial charge on any atom is -0.311 e. The summed E-state index contributed by atoms with van der Waals surface area (Å²) in [7, 11) is 0. The van der Waals surface area contributed by atoms with E-state index in [1.165, 1.54) is 10.9 Å². The highest BCUT2D eigenvalue weighted by molar-refractivity contribution is 5.81. The Balaban J connectivity index is 1.96. The number of benzene rings is 1. The average Bonchev–Trinajstić information content (AvgIpc) is 2.42. The van der Waals surface area contributed by atoms with Crippen molar-refractivity contribution in [2.75, 3.05) is 6.54 Å². The van der Waals surface area contributed by atoms with Gasteiger partial charge in [0.05, 0.1) is 5.52 Å². The van der Waals surface area contributed by atoms with Gasteiger partial charge in [-0.25, -0.2) is 0 Å². The summed E-state index contributed by atoms with van der Waals surface area (Å²) in [4.78, 5) is 4.40. The third-order valence-corrected chi connectivity index (χ3v) is 3.32.